The number of aryl methyl sites for hydroxylation is 1. The summed E-state index contributed by atoms with van der Waals surface area (Å²) in [5, 5.41) is 3.92. The van der Waals surface area contributed by atoms with E-state index >= 15 is 0 Å². The highest BCUT2D eigenvalue weighted by atomic mass is 16.5. The molecule has 4 nitrogen and oxygen atoms in total. The number of ether oxygens (including phenoxy) is 1. The van der Waals surface area contributed by atoms with Gasteiger partial charge < -0.3 is 4.74 Å². The van der Waals surface area contributed by atoms with Crippen LogP contribution in [0.4, 0.5) is 0 Å². The van der Waals surface area contributed by atoms with Crippen molar-refractivity contribution < 1.29 is 9.53 Å². The Kier molecular flexibility index (Phi) is 1.94. The Balaban J connectivity index is 3.12. The van der Waals surface area contributed by atoms with E-state index in [2.05, 4.69) is 5.10 Å². The summed E-state index contributed by atoms with van der Waals surface area (Å²) < 4.78 is 6.47. The van der Waals surface area contributed by atoms with Gasteiger partial charge in [0.1, 0.15) is 0 Å². The van der Waals surface area contributed by atoms with Gasteiger partial charge in [-0.15, -0.1) is 0 Å². The minimum atomic E-state index is -0.0811. The summed E-state index contributed by atoms with van der Waals surface area (Å²) in [7, 11) is 3.26. The third-order valence-corrected chi connectivity index (χ3v) is 1.35. The van der Waals surface area contributed by atoms with Crippen LogP contribution in [0.1, 0.15) is 17.4 Å². The van der Waals surface area contributed by atoms with Crippen LogP contribution in [0.15, 0.2) is 6.20 Å². The Morgan fingerprint density at radius 2 is 2.36 bits per heavy atom. The van der Waals surface area contributed by atoms with Gasteiger partial charge in [-0.25, -0.2) is 0 Å². The van der Waals surface area contributed by atoms with Gasteiger partial charge in [0.15, 0.2) is 17.2 Å². The molecular formula is C7H10N2O2. The number of hydrogen-bond donors (Lipinski definition) is 0. The summed E-state index contributed by atoms with van der Waals surface area (Å²) in [6, 6.07) is 0. The zero-order valence-corrected chi connectivity index (χ0v) is 6.79. The monoisotopic (exact) mass is 154 g/mol. The highest BCUT2D eigenvalue weighted by molar-refractivity contribution is 5.94. The minimum absolute atomic E-state index is 0.0811. The molecule has 0 N–H and O–H groups in total. The number of ketones is 1. The van der Waals surface area contributed by atoms with Crippen molar-refractivity contribution in [1.82, 2.24) is 9.78 Å². The van der Waals surface area contributed by atoms with Crippen molar-refractivity contribution in [3.8, 4) is 5.75 Å². The predicted molar refractivity (Wildman–Crippen MR) is 39.8 cm³/mol. The van der Waals surface area contributed by atoms with Gasteiger partial charge in [0.05, 0.1) is 13.3 Å². The molecule has 1 aromatic rings. The van der Waals surface area contributed by atoms with Crippen LogP contribution in [-0.2, 0) is 7.05 Å². The fraction of sp³-hybridized carbons (Fsp3) is 0.429. The van der Waals surface area contributed by atoms with E-state index in [0.717, 1.165) is 0 Å². The summed E-state index contributed by atoms with van der Waals surface area (Å²) >= 11 is 0. The zero-order chi connectivity index (χ0) is 8.43. The molecule has 0 atom stereocenters. The number of carbonyl (C=O) groups is 1. The normalized spacial score (nSPS) is 9.73. The van der Waals surface area contributed by atoms with Gasteiger partial charge >= 0.3 is 0 Å². The Labute approximate surface area is 64.8 Å². The molecule has 0 saturated carbocycles. The maximum absolute atomic E-state index is 10.9. The van der Waals surface area contributed by atoms with Crippen LogP contribution in [0.25, 0.3) is 0 Å². The second-order valence-corrected chi connectivity index (χ2v) is 2.28. The summed E-state index contributed by atoms with van der Waals surface area (Å²) in [5.41, 5.74) is 0.384. The topological polar surface area (TPSA) is 44.1 Å². The SMILES string of the molecule is COc1cn(C)nc1C(C)=O. The van der Waals surface area contributed by atoms with Crippen LogP contribution in [0, 0.1) is 0 Å². The van der Waals surface area contributed by atoms with Crippen molar-refractivity contribution >= 4 is 5.78 Å². The average Bonchev–Trinajstić information content (AvgIpc) is 2.30. The molecule has 0 aliphatic heterocycles. The van der Waals surface area contributed by atoms with Crippen molar-refractivity contribution in [2.75, 3.05) is 7.11 Å². The van der Waals surface area contributed by atoms with Crippen molar-refractivity contribution in [2.24, 2.45) is 7.05 Å². The van der Waals surface area contributed by atoms with E-state index in [9.17, 15) is 4.79 Å². The summed E-state index contributed by atoms with van der Waals surface area (Å²) in [5.74, 6) is 0.447. The first-order valence-electron chi connectivity index (χ1n) is 3.23. The number of nitrogens with zero attached hydrogens (tertiary/aromatic N) is 2. The number of hydrogen-bond acceptors (Lipinski definition) is 3. The number of Topliss-reactive ketones (excluding diaryl/α,β-unsaturated/α-hetero) is 1. The molecule has 0 spiro atoms. The van der Waals surface area contributed by atoms with Gasteiger partial charge in [-0.2, -0.15) is 5.10 Å². The number of aromatic nitrogens is 2. The third kappa shape index (κ3) is 1.39. The van der Waals surface area contributed by atoms with Gasteiger partial charge in [-0.1, -0.05) is 0 Å². The molecule has 4 heteroatoms. The van der Waals surface area contributed by atoms with E-state index in [4.69, 9.17) is 4.74 Å². The lowest BCUT2D eigenvalue weighted by Crippen LogP contribution is -1.97. The van der Waals surface area contributed by atoms with Gasteiger partial charge in [0.25, 0.3) is 0 Å². The van der Waals surface area contributed by atoms with Gasteiger partial charge in [0.2, 0.25) is 0 Å². The molecule has 0 aliphatic rings. The summed E-state index contributed by atoms with van der Waals surface area (Å²) in [6.07, 6.45) is 1.66. The Bertz CT molecular complexity index is 278. The lowest BCUT2D eigenvalue weighted by atomic mass is 10.3. The van der Waals surface area contributed by atoms with Crippen molar-refractivity contribution in [1.29, 1.82) is 0 Å². The minimum Gasteiger partial charge on any atom is -0.493 e. The Morgan fingerprint density at radius 3 is 2.73 bits per heavy atom. The van der Waals surface area contributed by atoms with Crippen LogP contribution in [0.5, 0.6) is 5.75 Å². The predicted octanol–water partition coefficient (Wildman–Crippen LogP) is 0.631. The molecular weight excluding hydrogens is 144 g/mol. The fourth-order valence-corrected chi connectivity index (χ4v) is 0.860. The molecule has 0 radical (unpaired) electrons. The maximum Gasteiger partial charge on any atom is 0.183 e. The second-order valence-electron chi connectivity index (χ2n) is 2.28. The van der Waals surface area contributed by atoms with Gasteiger partial charge in [-0.05, 0) is 0 Å². The smallest absolute Gasteiger partial charge is 0.183 e. The highest BCUT2D eigenvalue weighted by Crippen LogP contribution is 2.15. The van der Waals surface area contributed by atoms with E-state index in [-0.39, 0.29) is 5.78 Å². The summed E-state index contributed by atoms with van der Waals surface area (Å²) in [6.45, 7) is 1.46. The van der Waals surface area contributed by atoms with Crippen LogP contribution >= 0.6 is 0 Å². The van der Waals surface area contributed by atoms with E-state index in [1.54, 1.807) is 17.9 Å². The zero-order valence-electron chi connectivity index (χ0n) is 6.79. The molecule has 0 saturated heterocycles. The van der Waals surface area contributed by atoms with Crippen molar-refractivity contribution in [2.45, 2.75) is 6.92 Å². The largest absolute Gasteiger partial charge is 0.493 e. The molecule has 0 fully saturated rings. The number of methoxy groups -OCH3 is 1. The lowest BCUT2D eigenvalue weighted by Gasteiger charge is -1.93. The summed E-state index contributed by atoms with van der Waals surface area (Å²) in [4.78, 5) is 10.9. The Hall–Kier alpha value is -1.32. The molecule has 0 unspecified atom stereocenters. The van der Waals surface area contributed by atoms with E-state index in [1.807, 2.05) is 0 Å². The molecule has 1 heterocycles. The van der Waals surface area contributed by atoms with Crippen molar-refractivity contribution in [3.05, 3.63) is 11.9 Å². The maximum atomic E-state index is 10.9. The molecule has 1 rings (SSSR count). The average molecular weight is 154 g/mol. The standard InChI is InChI=1S/C7H10N2O2/c1-5(10)7-6(11-3)4-9(2)8-7/h4H,1-3H3. The van der Waals surface area contributed by atoms with E-state index in [1.165, 1.54) is 14.0 Å². The fourth-order valence-electron chi connectivity index (χ4n) is 0.860. The van der Waals surface area contributed by atoms with Crippen LogP contribution in [-0.4, -0.2) is 22.7 Å². The van der Waals surface area contributed by atoms with Gasteiger partial charge in [-0.3, -0.25) is 9.48 Å². The van der Waals surface area contributed by atoms with E-state index < -0.39 is 0 Å². The quantitative estimate of drug-likeness (QED) is 0.587. The molecule has 0 bridgehead atoms. The van der Waals surface area contributed by atoms with Crippen LogP contribution < -0.4 is 4.74 Å². The number of carbonyl (C=O) groups excluding carboxylic acids is 1. The third-order valence-electron chi connectivity index (χ3n) is 1.35. The molecule has 0 aromatic carbocycles. The van der Waals surface area contributed by atoms with Crippen LogP contribution in [0.2, 0.25) is 0 Å². The second kappa shape index (κ2) is 2.74. The van der Waals surface area contributed by atoms with E-state index in [0.29, 0.717) is 11.4 Å². The van der Waals surface area contributed by atoms with Crippen LogP contribution in [0.3, 0.4) is 0 Å². The first-order chi connectivity index (χ1) is 5.15. The first kappa shape index (κ1) is 7.78. The molecule has 1 aromatic heterocycles. The molecule has 11 heavy (non-hydrogen) atoms. The highest BCUT2D eigenvalue weighted by Gasteiger charge is 2.11. The first-order valence-corrected chi connectivity index (χ1v) is 3.23. The molecule has 0 aliphatic carbocycles. The Morgan fingerprint density at radius 1 is 1.73 bits per heavy atom. The van der Waals surface area contributed by atoms with Gasteiger partial charge in [0, 0.05) is 14.0 Å². The van der Waals surface area contributed by atoms with Crippen molar-refractivity contribution in [3.63, 3.8) is 0 Å². The number of rotatable bonds is 2. The molecule has 60 valence electrons. The molecule has 0 amide bonds. The lowest BCUT2D eigenvalue weighted by molar-refractivity contribution is 0.100.